The Morgan fingerprint density at radius 3 is 2.93 bits per heavy atom. The highest BCUT2D eigenvalue weighted by atomic mass is 35.5. The van der Waals surface area contributed by atoms with E-state index in [-0.39, 0.29) is 0 Å². The van der Waals surface area contributed by atoms with Gasteiger partial charge in [-0.2, -0.15) is 0 Å². The Labute approximate surface area is 101 Å². The topological polar surface area (TPSA) is 12.0 Å². The molecule has 1 N–H and O–H groups in total. The smallest absolute Gasteiger partial charge is 0.0931 e. The Morgan fingerprint density at radius 2 is 2.33 bits per heavy atom. The maximum absolute atomic E-state index is 5.89. The van der Waals surface area contributed by atoms with Crippen molar-refractivity contribution in [3.63, 3.8) is 0 Å². The molecule has 1 saturated carbocycles. The second-order valence-electron chi connectivity index (χ2n) is 4.53. The molecule has 1 aromatic rings. The molecule has 1 nitrogen and oxygen atoms in total. The molecule has 0 aliphatic heterocycles. The third-order valence-electron chi connectivity index (χ3n) is 2.84. The molecule has 15 heavy (non-hydrogen) atoms. The third-order valence-corrected chi connectivity index (χ3v) is 4.14. The van der Waals surface area contributed by atoms with E-state index in [2.05, 4.69) is 18.3 Å². The quantitative estimate of drug-likeness (QED) is 0.803. The summed E-state index contributed by atoms with van der Waals surface area (Å²) in [6.07, 6.45) is 5.20. The largest absolute Gasteiger partial charge is 0.314 e. The van der Waals surface area contributed by atoms with Gasteiger partial charge in [-0.1, -0.05) is 18.5 Å². The molecule has 1 atom stereocenters. The average Bonchev–Trinajstić information content (AvgIpc) is 2.95. The van der Waals surface area contributed by atoms with Crippen molar-refractivity contribution < 1.29 is 0 Å². The van der Waals surface area contributed by atoms with E-state index in [0.717, 1.165) is 16.3 Å². The van der Waals surface area contributed by atoms with Gasteiger partial charge in [0.1, 0.15) is 0 Å². The van der Waals surface area contributed by atoms with Gasteiger partial charge in [-0.25, -0.2) is 0 Å². The molecule has 0 bridgehead atoms. The van der Waals surface area contributed by atoms with Gasteiger partial charge in [0.2, 0.25) is 0 Å². The predicted molar refractivity (Wildman–Crippen MR) is 67.8 cm³/mol. The zero-order valence-corrected chi connectivity index (χ0v) is 10.7. The molecule has 0 aromatic carbocycles. The average molecular weight is 244 g/mol. The highest BCUT2D eigenvalue weighted by Crippen LogP contribution is 2.24. The van der Waals surface area contributed by atoms with Gasteiger partial charge in [-0.3, -0.25) is 0 Å². The summed E-state index contributed by atoms with van der Waals surface area (Å²) in [5.41, 5.74) is 0. The van der Waals surface area contributed by atoms with Crippen LogP contribution in [0.25, 0.3) is 0 Å². The molecule has 1 heterocycles. The molecule has 1 aromatic heterocycles. The van der Waals surface area contributed by atoms with Crippen LogP contribution in [0.5, 0.6) is 0 Å². The molecule has 2 rings (SSSR count). The van der Waals surface area contributed by atoms with Crippen LogP contribution >= 0.6 is 22.9 Å². The Kier molecular flexibility index (Phi) is 4.06. The minimum absolute atomic E-state index is 0.770. The van der Waals surface area contributed by atoms with E-state index in [1.807, 2.05) is 6.07 Å². The highest BCUT2D eigenvalue weighted by molar-refractivity contribution is 7.16. The lowest BCUT2D eigenvalue weighted by atomic mass is 10.1. The van der Waals surface area contributed by atoms with Gasteiger partial charge < -0.3 is 5.32 Å². The van der Waals surface area contributed by atoms with Crippen LogP contribution in [-0.2, 0) is 6.42 Å². The van der Waals surface area contributed by atoms with Gasteiger partial charge >= 0.3 is 0 Å². The summed E-state index contributed by atoms with van der Waals surface area (Å²) in [5, 5.41) is 3.58. The normalized spacial score (nSPS) is 18.0. The van der Waals surface area contributed by atoms with Crippen molar-refractivity contribution in [3.05, 3.63) is 21.3 Å². The summed E-state index contributed by atoms with van der Waals surface area (Å²) in [4.78, 5) is 1.42. The second-order valence-corrected chi connectivity index (χ2v) is 6.33. The fourth-order valence-electron chi connectivity index (χ4n) is 1.63. The van der Waals surface area contributed by atoms with E-state index in [1.54, 1.807) is 11.3 Å². The lowest BCUT2D eigenvalue weighted by Crippen LogP contribution is -2.23. The van der Waals surface area contributed by atoms with Crippen LogP contribution in [-0.4, -0.2) is 12.6 Å². The number of thiophene rings is 1. The summed E-state index contributed by atoms with van der Waals surface area (Å²) in [6, 6.07) is 4.98. The lowest BCUT2D eigenvalue weighted by Gasteiger charge is -2.11. The van der Waals surface area contributed by atoms with Crippen LogP contribution in [0.15, 0.2) is 12.1 Å². The van der Waals surface area contributed by atoms with Crippen molar-refractivity contribution >= 4 is 22.9 Å². The molecular weight excluding hydrogens is 226 g/mol. The molecule has 0 radical (unpaired) electrons. The van der Waals surface area contributed by atoms with Crippen LogP contribution in [0, 0.1) is 5.92 Å². The Bertz CT molecular complexity index is 306. The lowest BCUT2D eigenvalue weighted by molar-refractivity contribution is 0.481. The minimum Gasteiger partial charge on any atom is -0.314 e. The van der Waals surface area contributed by atoms with Crippen LogP contribution in [0.4, 0.5) is 0 Å². The molecule has 1 fully saturated rings. The third kappa shape index (κ3) is 4.13. The fourth-order valence-corrected chi connectivity index (χ4v) is 2.73. The molecule has 1 unspecified atom stereocenters. The van der Waals surface area contributed by atoms with Crippen molar-refractivity contribution in [2.45, 2.75) is 38.6 Å². The first-order valence-corrected chi connectivity index (χ1v) is 6.91. The van der Waals surface area contributed by atoms with Crippen molar-refractivity contribution in [1.82, 2.24) is 5.32 Å². The SMILES string of the molecule is CC(CCc1ccc(Cl)s1)CNC1CC1. The Hall–Kier alpha value is -0.0500. The first kappa shape index (κ1) is 11.4. The van der Waals surface area contributed by atoms with Crippen molar-refractivity contribution in [3.8, 4) is 0 Å². The number of hydrogen-bond acceptors (Lipinski definition) is 2. The summed E-state index contributed by atoms with van der Waals surface area (Å²) in [6.45, 7) is 3.49. The number of rotatable bonds is 6. The van der Waals surface area contributed by atoms with E-state index in [0.29, 0.717) is 0 Å². The van der Waals surface area contributed by atoms with E-state index in [1.165, 1.54) is 37.1 Å². The van der Waals surface area contributed by atoms with E-state index >= 15 is 0 Å². The van der Waals surface area contributed by atoms with Crippen LogP contribution in [0.3, 0.4) is 0 Å². The number of halogens is 1. The van der Waals surface area contributed by atoms with E-state index in [9.17, 15) is 0 Å². The summed E-state index contributed by atoms with van der Waals surface area (Å²) < 4.78 is 0.911. The van der Waals surface area contributed by atoms with Gasteiger partial charge in [-0.05, 0) is 50.3 Å². The Balaban J connectivity index is 1.63. The van der Waals surface area contributed by atoms with Crippen LogP contribution in [0.2, 0.25) is 4.34 Å². The molecule has 0 amide bonds. The fraction of sp³-hybridized carbons (Fsp3) is 0.667. The van der Waals surface area contributed by atoms with Crippen LogP contribution in [0.1, 0.15) is 31.1 Å². The maximum atomic E-state index is 5.89. The highest BCUT2D eigenvalue weighted by Gasteiger charge is 2.20. The minimum atomic E-state index is 0.770. The van der Waals surface area contributed by atoms with E-state index < -0.39 is 0 Å². The molecular formula is C12H18ClNS. The van der Waals surface area contributed by atoms with Gasteiger partial charge in [0.15, 0.2) is 0 Å². The molecule has 1 aliphatic carbocycles. The summed E-state index contributed by atoms with van der Waals surface area (Å²) in [5.74, 6) is 0.770. The molecule has 0 saturated heterocycles. The zero-order valence-electron chi connectivity index (χ0n) is 9.13. The monoisotopic (exact) mass is 243 g/mol. The van der Waals surface area contributed by atoms with Crippen molar-refractivity contribution in [2.75, 3.05) is 6.54 Å². The zero-order chi connectivity index (χ0) is 10.7. The number of nitrogens with one attached hydrogen (secondary N) is 1. The van der Waals surface area contributed by atoms with E-state index in [4.69, 9.17) is 11.6 Å². The van der Waals surface area contributed by atoms with Crippen molar-refractivity contribution in [1.29, 1.82) is 0 Å². The van der Waals surface area contributed by atoms with Gasteiger partial charge in [-0.15, -0.1) is 11.3 Å². The first-order chi connectivity index (χ1) is 7.24. The second kappa shape index (κ2) is 5.33. The molecule has 0 spiro atoms. The molecule has 84 valence electrons. The standard InChI is InChI=1S/C12H18ClNS/c1-9(8-14-10-3-4-10)2-5-11-6-7-12(13)15-11/h6-7,9-10,14H,2-5,8H2,1H3. The summed E-state index contributed by atoms with van der Waals surface area (Å²) >= 11 is 7.60. The summed E-state index contributed by atoms with van der Waals surface area (Å²) in [7, 11) is 0. The predicted octanol–water partition coefficient (Wildman–Crippen LogP) is 3.72. The Morgan fingerprint density at radius 1 is 1.53 bits per heavy atom. The van der Waals surface area contributed by atoms with Gasteiger partial charge in [0, 0.05) is 10.9 Å². The molecule has 1 aliphatic rings. The first-order valence-electron chi connectivity index (χ1n) is 5.71. The number of aryl methyl sites for hydroxylation is 1. The number of hydrogen-bond donors (Lipinski definition) is 1. The van der Waals surface area contributed by atoms with Crippen molar-refractivity contribution in [2.24, 2.45) is 5.92 Å². The van der Waals surface area contributed by atoms with Gasteiger partial charge in [0.25, 0.3) is 0 Å². The van der Waals surface area contributed by atoms with Gasteiger partial charge in [0.05, 0.1) is 4.34 Å². The molecule has 3 heteroatoms. The van der Waals surface area contributed by atoms with Crippen LogP contribution < -0.4 is 5.32 Å². The maximum Gasteiger partial charge on any atom is 0.0931 e.